The van der Waals surface area contributed by atoms with Crippen molar-refractivity contribution < 1.29 is 9.47 Å². The van der Waals surface area contributed by atoms with Gasteiger partial charge in [-0.1, -0.05) is 30.3 Å². The Morgan fingerprint density at radius 1 is 1.15 bits per heavy atom. The quantitative estimate of drug-likeness (QED) is 0.410. The van der Waals surface area contributed by atoms with Crippen LogP contribution in [0.1, 0.15) is 29.8 Å². The molecule has 34 heavy (non-hydrogen) atoms. The molecule has 1 atom stereocenters. The number of hydrogen-bond donors (Lipinski definition) is 1. The molecule has 9 heteroatoms. The van der Waals surface area contributed by atoms with Crippen LogP contribution in [-0.4, -0.2) is 49.9 Å². The summed E-state index contributed by atoms with van der Waals surface area (Å²) in [5.41, 5.74) is 2.51. The van der Waals surface area contributed by atoms with Crippen molar-refractivity contribution in [3.63, 3.8) is 0 Å². The lowest BCUT2D eigenvalue weighted by Crippen LogP contribution is -2.29. The number of nitrogens with one attached hydrogen (secondary N) is 1. The van der Waals surface area contributed by atoms with Crippen molar-refractivity contribution in [2.45, 2.75) is 45.1 Å². The third-order valence-corrected chi connectivity index (χ3v) is 6.14. The largest absolute Gasteiger partial charge is 0.497 e. The van der Waals surface area contributed by atoms with Crippen molar-refractivity contribution in [3.05, 3.63) is 81.9 Å². The van der Waals surface area contributed by atoms with Gasteiger partial charge in [-0.2, -0.15) is 0 Å². The molecular weight excluding hydrogens is 432 g/mol. The average molecular weight is 461 g/mol. The van der Waals surface area contributed by atoms with Gasteiger partial charge in [0.2, 0.25) is 0 Å². The fourth-order valence-corrected chi connectivity index (χ4v) is 4.38. The van der Waals surface area contributed by atoms with Crippen LogP contribution in [-0.2, 0) is 30.9 Å². The number of tetrazole rings is 1. The van der Waals surface area contributed by atoms with Crippen molar-refractivity contribution >= 4 is 10.9 Å². The highest BCUT2D eigenvalue weighted by molar-refractivity contribution is 5.80. The van der Waals surface area contributed by atoms with Crippen LogP contribution in [0, 0.1) is 0 Å². The zero-order valence-electron chi connectivity index (χ0n) is 19.2. The Labute approximate surface area is 197 Å². The Bertz CT molecular complexity index is 1300. The summed E-state index contributed by atoms with van der Waals surface area (Å²) in [5.74, 6) is 1.50. The Hall–Kier alpha value is -3.56. The number of aromatic nitrogens is 5. The first-order valence-electron chi connectivity index (χ1n) is 11.5. The molecule has 2 aromatic carbocycles. The molecule has 1 N–H and O–H groups in total. The maximum absolute atomic E-state index is 12.9. The number of nitrogens with zero attached hydrogens (tertiary/aromatic N) is 5. The first-order chi connectivity index (χ1) is 16.7. The molecule has 0 unspecified atom stereocenters. The molecule has 9 nitrogen and oxygen atoms in total. The monoisotopic (exact) mass is 460 g/mol. The lowest BCUT2D eigenvalue weighted by Gasteiger charge is -2.22. The molecule has 176 valence electrons. The number of methoxy groups -OCH3 is 1. The number of rotatable bonds is 9. The van der Waals surface area contributed by atoms with E-state index in [0.717, 1.165) is 47.5 Å². The maximum Gasteiger partial charge on any atom is 0.252 e. The fourth-order valence-electron chi connectivity index (χ4n) is 4.38. The first-order valence-corrected chi connectivity index (χ1v) is 11.5. The summed E-state index contributed by atoms with van der Waals surface area (Å²) in [7, 11) is 1.64. The number of benzene rings is 2. The Morgan fingerprint density at radius 2 is 2.03 bits per heavy atom. The molecule has 3 heterocycles. The summed E-state index contributed by atoms with van der Waals surface area (Å²) in [6.45, 7) is 3.03. The molecule has 0 radical (unpaired) electrons. The molecule has 0 amide bonds. The first kappa shape index (κ1) is 22.2. The van der Waals surface area contributed by atoms with Crippen LogP contribution in [0.15, 0.2) is 59.4 Å². The summed E-state index contributed by atoms with van der Waals surface area (Å²) >= 11 is 0. The summed E-state index contributed by atoms with van der Waals surface area (Å²) in [4.78, 5) is 18.1. The van der Waals surface area contributed by atoms with Gasteiger partial charge in [-0.05, 0) is 53.1 Å². The van der Waals surface area contributed by atoms with Crippen molar-refractivity contribution in [3.8, 4) is 5.75 Å². The molecule has 5 rings (SSSR count). The van der Waals surface area contributed by atoms with Crippen molar-refractivity contribution in [1.82, 2.24) is 30.1 Å². The van der Waals surface area contributed by atoms with E-state index in [0.29, 0.717) is 31.7 Å². The van der Waals surface area contributed by atoms with Gasteiger partial charge < -0.3 is 14.5 Å². The van der Waals surface area contributed by atoms with Crippen LogP contribution < -0.4 is 10.3 Å². The smallest absolute Gasteiger partial charge is 0.252 e. The summed E-state index contributed by atoms with van der Waals surface area (Å²) in [6, 6.07) is 17.8. The molecule has 1 fully saturated rings. The van der Waals surface area contributed by atoms with E-state index in [1.807, 2.05) is 47.1 Å². The van der Waals surface area contributed by atoms with E-state index in [-0.39, 0.29) is 11.7 Å². The van der Waals surface area contributed by atoms with Crippen LogP contribution in [0.2, 0.25) is 0 Å². The van der Waals surface area contributed by atoms with E-state index in [9.17, 15) is 4.79 Å². The van der Waals surface area contributed by atoms with E-state index in [4.69, 9.17) is 9.47 Å². The summed E-state index contributed by atoms with van der Waals surface area (Å²) in [5, 5.41) is 13.3. The maximum atomic E-state index is 12.9. The van der Waals surface area contributed by atoms with Crippen molar-refractivity contribution in [2.75, 3.05) is 13.7 Å². The minimum Gasteiger partial charge on any atom is -0.497 e. The van der Waals surface area contributed by atoms with Gasteiger partial charge in [0.05, 0.1) is 26.3 Å². The Kier molecular flexibility index (Phi) is 6.64. The molecule has 0 saturated carbocycles. The van der Waals surface area contributed by atoms with Gasteiger partial charge in [0.1, 0.15) is 5.75 Å². The highest BCUT2D eigenvalue weighted by atomic mass is 16.5. The van der Waals surface area contributed by atoms with Crippen molar-refractivity contribution in [1.29, 1.82) is 0 Å². The molecule has 0 aliphatic carbocycles. The average Bonchev–Trinajstić information content (AvgIpc) is 3.52. The minimum atomic E-state index is -0.102. The molecule has 4 aromatic rings. The lowest BCUT2D eigenvalue weighted by molar-refractivity contribution is 0.0914. The number of ether oxygens (including phenoxy) is 2. The van der Waals surface area contributed by atoms with Crippen LogP contribution in [0.25, 0.3) is 10.9 Å². The highest BCUT2D eigenvalue weighted by Crippen LogP contribution is 2.20. The second-order valence-electron chi connectivity index (χ2n) is 8.62. The van der Waals surface area contributed by atoms with E-state index in [2.05, 4.69) is 37.5 Å². The van der Waals surface area contributed by atoms with Gasteiger partial charge in [-0.3, -0.25) is 9.69 Å². The molecule has 1 aliphatic heterocycles. The zero-order chi connectivity index (χ0) is 23.3. The Morgan fingerprint density at radius 3 is 2.82 bits per heavy atom. The van der Waals surface area contributed by atoms with Crippen LogP contribution in [0.3, 0.4) is 0 Å². The molecular formula is C25H28N6O3. The van der Waals surface area contributed by atoms with Crippen LogP contribution in [0.4, 0.5) is 0 Å². The van der Waals surface area contributed by atoms with Gasteiger partial charge in [0.25, 0.3) is 5.56 Å². The molecule has 1 aliphatic rings. The third kappa shape index (κ3) is 5.16. The van der Waals surface area contributed by atoms with Crippen LogP contribution in [0.5, 0.6) is 5.75 Å². The van der Waals surface area contributed by atoms with Gasteiger partial charge in [0, 0.05) is 36.2 Å². The molecule has 0 spiro atoms. The zero-order valence-corrected chi connectivity index (χ0v) is 19.2. The van der Waals surface area contributed by atoms with Gasteiger partial charge in [-0.25, -0.2) is 4.68 Å². The number of hydrogen-bond acceptors (Lipinski definition) is 7. The molecule has 0 bridgehead atoms. The second kappa shape index (κ2) is 10.1. The predicted octanol–water partition coefficient (Wildman–Crippen LogP) is 2.90. The number of aromatic amines is 1. The minimum absolute atomic E-state index is 0.102. The molecule has 2 aromatic heterocycles. The topological polar surface area (TPSA) is 98.2 Å². The Balaban J connectivity index is 1.42. The summed E-state index contributed by atoms with van der Waals surface area (Å²) < 4.78 is 12.9. The molecule has 1 saturated heterocycles. The third-order valence-electron chi connectivity index (χ3n) is 6.14. The normalized spacial score (nSPS) is 15.9. The number of fused-ring (bicyclic) bond motifs is 1. The van der Waals surface area contributed by atoms with E-state index < -0.39 is 0 Å². The van der Waals surface area contributed by atoms with Gasteiger partial charge in [-0.15, -0.1) is 5.10 Å². The fraction of sp³-hybridized carbons (Fsp3) is 0.360. The SMILES string of the molecule is COc1ccc2[nH]c(=O)c(CN(Cc3ccccc3)Cc3nnnn3C[C@@H]3CCCO3)cc2c1. The van der Waals surface area contributed by atoms with Crippen molar-refractivity contribution in [2.24, 2.45) is 0 Å². The van der Waals surface area contributed by atoms with E-state index in [1.165, 1.54) is 0 Å². The van der Waals surface area contributed by atoms with Crippen LogP contribution >= 0.6 is 0 Å². The predicted molar refractivity (Wildman–Crippen MR) is 127 cm³/mol. The van der Waals surface area contributed by atoms with Gasteiger partial charge >= 0.3 is 0 Å². The lowest BCUT2D eigenvalue weighted by atomic mass is 10.1. The van der Waals surface area contributed by atoms with E-state index >= 15 is 0 Å². The standard InChI is InChI=1S/C25H28N6O3/c1-33-21-9-10-23-19(13-21)12-20(25(32)26-23)15-30(14-18-6-3-2-4-7-18)17-24-27-28-29-31(24)16-22-8-5-11-34-22/h2-4,6-7,9-10,12-13,22H,5,8,11,14-17H2,1H3,(H,26,32)/t22-/m0/s1. The number of pyridine rings is 1. The number of H-pyrrole nitrogens is 1. The summed E-state index contributed by atoms with van der Waals surface area (Å²) in [6.07, 6.45) is 2.23. The van der Waals surface area contributed by atoms with E-state index in [1.54, 1.807) is 7.11 Å². The second-order valence-corrected chi connectivity index (χ2v) is 8.62. The highest BCUT2D eigenvalue weighted by Gasteiger charge is 2.20. The van der Waals surface area contributed by atoms with Gasteiger partial charge in [0.15, 0.2) is 5.82 Å².